The normalized spacial score (nSPS) is 23.5. The molecular formula is C13H20N2O2. The van der Waals surface area contributed by atoms with E-state index in [2.05, 4.69) is 10.1 Å². The molecule has 0 aromatic carbocycles. The van der Waals surface area contributed by atoms with Gasteiger partial charge in [0, 0.05) is 5.92 Å². The summed E-state index contributed by atoms with van der Waals surface area (Å²) in [5, 5.41) is 13.5. The second-order valence-corrected chi connectivity index (χ2v) is 5.57. The Morgan fingerprint density at radius 3 is 2.12 bits per heavy atom. The first-order valence-electron chi connectivity index (χ1n) is 6.77. The second kappa shape index (κ2) is 4.41. The molecule has 0 radical (unpaired) electrons. The zero-order chi connectivity index (χ0) is 11.8. The Kier molecular flexibility index (Phi) is 2.90. The fraction of sp³-hybridized carbons (Fsp3) is 0.846. The van der Waals surface area contributed by atoms with Crippen LogP contribution in [0.4, 0.5) is 0 Å². The quantitative estimate of drug-likeness (QED) is 0.873. The topological polar surface area (TPSA) is 59.2 Å². The number of rotatable bonds is 4. The number of nitrogens with zero attached hydrogens (tertiary/aromatic N) is 2. The third-order valence-electron chi connectivity index (χ3n) is 4.43. The first-order chi connectivity index (χ1) is 8.25. The van der Waals surface area contributed by atoms with Crippen molar-refractivity contribution in [1.82, 2.24) is 10.1 Å². The molecule has 4 heteroatoms. The zero-order valence-electron chi connectivity index (χ0n) is 10.3. The van der Waals surface area contributed by atoms with Gasteiger partial charge in [-0.3, -0.25) is 0 Å². The molecule has 0 bridgehead atoms. The summed E-state index contributed by atoms with van der Waals surface area (Å²) in [5.41, 5.74) is 0. The van der Waals surface area contributed by atoms with E-state index in [0.717, 1.165) is 17.7 Å². The van der Waals surface area contributed by atoms with E-state index >= 15 is 0 Å². The molecule has 2 aliphatic carbocycles. The van der Waals surface area contributed by atoms with Gasteiger partial charge in [-0.15, -0.1) is 0 Å². The molecule has 1 unspecified atom stereocenters. The van der Waals surface area contributed by atoms with Crippen molar-refractivity contribution in [3.63, 3.8) is 0 Å². The minimum absolute atomic E-state index is 0.364. The number of aromatic nitrogens is 2. The van der Waals surface area contributed by atoms with Crippen LogP contribution in [0.2, 0.25) is 0 Å². The largest absolute Gasteiger partial charge is 0.384 e. The van der Waals surface area contributed by atoms with Crippen LogP contribution >= 0.6 is 0 Å². The number of hydrogen-bond acceptors (Lipinski definition) is 4. The van der Waals surface area contributed by atoms with Gasteiger partial charge < -0.3 is 9.63 Å². The molecule has 17 heavy (non-hydrogen) atoms. The van der Waals surface area contributed by atoms with Gasteiger partial charge in [-0.2, -0.15) is 4.98 Å². The molecule has 1 atom stereocenters. The Hall–Kier alpha value is -0.900. The third-order valence-corrected chi connectivity index (χ3v) is 4.43. The highest BCUT2D eigenvalue weighted by Gasteiger charge is 2.39. The molecule has 0 saturated heterocycles. The molecule has 4 nitrogen and oxygen atoms in total. The molecule has 2 saturated carbocycles. The van der Waals surface area contributed by atoms with Gasteiger partial charge in [-0.05, 0) is 44.4 Å². The van der Waals surface area contributed by atoms with E-state index in [-0.39, 0.29) is 0 Å². The van der Waals surface area contributed by atoms with Crippen LogP contribution < -0.4 is 0 Å². The fourth-order valence-electron chi connectivity index (χ4n) is 2.96. The molecule has 1 N–H and O–H groups in total. The lowest BCUT2D eigenvalue weighted by molar-refractivity contribution is 0.139. The summed E-state index contributed by atoms with van der Waals surface area (Å²) >= 11 is 0. The molecular weight excluding hydrogens is 216 g/mol. The lowest BCUT2D eigenvalue weighted by atomic mass is 9.64. The Bertz CT molecular complexity index is 367. The van der Waals surface area contributed by atoms with Gasteiger partial charge in [0.05, 0.1) is 0 Å². The highest BCUT2D eigenvalue weighted by atomic mass is 16.5. The fourth-order valence-corrected chi connectivity index (χ4v) is 2.96. The highest BCUT2D eigenvalue weighted by Crippen LogP contribution is 2.49. The Morgan fingerprint density at radius 1 is 1.18 bits per heavy atom. The van der Waals surface area contributed by atoms with Crippen LogP contribution in [-0.4, -0.2) is 15.2 Å². The Labute approximate surface area is 101 Å². The van der Waals surface area contributed by atoms with Crippen molar-refractivity contribution in [3.8, 4) is 0 Å². The maximum Gasteiger partial charge on any atom is 0.255 e. The molecule has 0 spiro atoms. The van der Waals surface area contributed by atoms with Crippen molar-refractivity contribution in [2.75, 3.05) is 0 Å². The number of aliphatic hydroxyl groups excluding tert-OH is 1. The van der Waals surface area contributed by atoms with Crippen molar-refractivity contribution in [2.45, 2.75) is 57.5 Å². The SMILES string of the molecule is CC(O)c1nc(C(C2CCC2)C2CCC2)no1. The zero-order valence-corrected chi connectivity index (χ0v) is 10.3. The Morgan fingerprint density at radius 2 is 1.76 bits per heavy atom. The molecule has 94 valence electrons. The summed E-state index contributed by atoms with van der Waals surface area (Å²) in [7, 11) is 0. The smallest absolute Gasteiger partial charge is 0.255 e. The van der Waals surface area contributed by atoms with Gasteiger partial charge in [0.25, 0.3) is 5.89 Å². The van der Waals surface area contributed by atoms with Gasteiger partial charge >= 0.3 is 0 Å². The van der Waals surface area contributed by atoms with Crippen LogP contribution in [0.1, 0.15) is 69.2 Å². The molecule has 1 aromatic rings. The van der Waals surface area contributed by atoms with E-state index in [0.29, 0.717) is 11.8 Å². The van der Waals surface area contributed by atoms with E-state index in [1.54, 1.807) is 6.92 Å². The predicted octanol–water partition coefficient (Wildman–Crippen LogP) is 2.81. The van der Waals surface area contributed by atoms with E-state index < -0.39 is 6.10 Å². The van der Waals surface area contributed by atoms with E-state index in [1.807, 2.05) is 0 Å². The van der Waals surface area contributed by atoms with Gasteiger partial charge in [0.2, 0.25) is 0 Å². The van der Waals surface area contributed by atoms with E-state index in [4.69, 9.17) is 4.52 Å². The molecule has 0 amide bonds. The van der Waals surface area contributed by atoms with Gasteiger partial charge in [0.15, 0.2) is 5.82 Å². The minimum atomic E-state index is -0.653. The van der Waals surface area contributed by atoms with Crippen molar-refractivity contribution in [3.05, 3.63) is 11.7 Å². The van der Waals surface area contributed by atoms with Crippen molar-refractivity contribution in [1.29, 1.82) is 0 Å². The van der Waals surface area contributed by atoms with Crippen LogP contribution in [0.3, 0.4) is 0 Å². The molecule has 3 rings (SSSR count). The van der Waals surface area contributed by atoms with Crippen LogP contribution in [0.15, 0.2) is 4.52 Å². The van der Waals surface area contributed by atoms with Crippen LogP contribution in [-0.2, 0) is 0 Å². The summed E-state index contributed by atoms with van der Waals surface area (Å²) in [6.45, 7) is 1.67. The molecule has 2 fully saturated rings. The van der Waals surface area contributed by atoms with E-state index in [1.165, 1.54) is 38.5 Å². The lowest BCUT2D eigenvalue weighted by Gasteiger charge is -2.40. The maximum atomic E-state index is 9.44. The monoisotopic (exact) mass is 236 g/mol. The average Bonchev–Trinajstić information content (AvgIpc) is 2.59. The van der Waals surface area contributed by atoms with Crippen LogP contribution in [0.5, 0.6) is 0 Å². The summed E-state index contributed by atoms with van der Waals surface area (Å²) in [4.78, 5) is 4.39. The first-order valence-corrected chi connectivity index (χ1v) is 6.77. The minimum Gasteiger partial charge on any atom is -0.384 e. The summed E-state index contributed by atoms with van der Waals surface area (Å²) in [6.07, 6.45) is 7.25. The number of aliphatic hydroxyl groups is 1. The van der Waals surface area contributed by atoms with Crippen molar-refractivity contribution in [2.24, 2.45) is 11.8 Å². The van der Waals surface area contributed by atoms with Gasteiger partial charge in [-0.25, -0.2) is 0 Å². The highest BCUT2D eigenvalue weighted by molar-refractivity contribution is 5.05. The summed E-state index contributed by atoms with van der Waals surface area (Å²) in [5.74, 6) is 3.19. The second-order valence-electron chi connectivity index (χ2n) is 5.57. The third kappa shape index (κ3) is 1.99. The van der Waals surface area contributed by atoms with Crippen LogP contribution in [0, 0.1) is 11.8 Å². The first kappa shape index (κ1) is 11.2. The molecule has 1 aromatic heterocycles. The molecule has 0 aliphatic heterocycles. The standard InChI is InChI=1S/C13H20N2O2/c1-8(16)13-14-12(15-17-13)11(9-4-2-5-9)10-6-3-7-10/h8-11,16H,2-7H2,1H3. The van der Waals surface area contributed by atoms with Crippen molar-refractivity contribution >= 4 is 0 Å². The van der Waals surface area contributed by atoms with Crippen LogP contribution in [0.25, 0.3) is 0 Å². The van der Waals surface area contributed by atoms with Crippen molar-refractivity contribution < 1.29 is 9.63 Å². The molecule has 1 heterocycles. The van der Waals surface area contributed by atoms with Gasteiger partial charge in [0.1, 0.15) is 6.10 Å². The summed E-state index contributed by atoms with van der Waals surface area (Å²) in [6, 6.07) is 0. The van der Waals surface area contributed by atoms with Gasteiger partial charge in [-0.1, -0.05) is 18.0 Å². The molecule has 2 aliphatic rings. The average molecular weight is 236 g/mol. The Balaban J connectivity index is 1.80. The van der Waals surface area contributed by atoms with E-state index in [9.17, 15) is 5.11 Å². The lowest BCUT2D eigenvalue weighted by Crippen LogP contribution is -2.31. The summed E-state index contributed by atoms with van der Waals surface area (Å²) < 4.78 is 5.13. The maximum absolute atomic E-state index is 9.44. The number of hydrogen-bond donors (Lipinski definition) is 1. The predicted molar refractivity (Wildman–Crippen MR) is 62.4 cm³/mol.